The standard InChI is InChI=1S/C23H21ClN4O4S/c1-3-9-33-23-25-21(30)20-13-7-5-6-8-16(13)27(19(29)4-2)22(28(20)26-23)14-10-17-18(11-15(14)24)32-12-31-17/h5-8,10-11,22H,3-4,9,12H2,1-2H3/p+1/t22-/m1/s1. The molecule has 0 radical (unpaired) electrons. The van der Waals surface area contributed by atoms with Gasteiger partial charge >= 0.3 is 11.3 Å². The maximum Gasteiger partial charge on any atom is 0.325 e. The Hall–Kier alpha value is -3.04. The molecule has 170 valence electrons. The van der Waals surface area contributed by atoms with E-state index < -0.39 is 6.17 Å². The second-order valence-electron chi connectivity index (χ2n) is 7.64. The van der Waals surface area contributed by atoms with Crippen molar-refractivity contribution >= 4 is 35.0 Å². The van der Waals surface area contributed by atoms with Crippen molar-refractivity contribution < 1.29 is 19.0 Å². The summed E-state index contributed by atoms with van der Waals surface area (Å²) in [4.78, 5) is 31.2. The Morgan fingerprint density at radius 2 is 2.03 bits per heavy atom. The summed E-state index contributed by atoms with van der Waals surface area (Å²) in [5, 5.41) is 5.64. The Morgan fingerprint density at radius 1 is 1.27 bits per heavy atom. The number of aromatic amines is 1. The van der Waals surface area contributed by atoms with Gasteiger partial charge < -0.3 is 9.47 Å². The summed E-state index contributed by atoms with van der Waals surface area (Å²) in [5.41, 5.74) is 1.94. The van der Waals surface area contributed by atoms with Crippen LogP contribution in [0.1, 0.15) is 38.4 Å². The highest BCUT2D eigenvalue weighted by atomic mass is 35.5. The van der Waals surface area contributed by atoms with Crippen LogP contribution < -0.4 is 24.6 Å². The largest absolute Gasteiger partial charge is 0.454 e. The van der Waals surface area contributed by atoms with Gasteiger partial charge in [-0.15, -0.1) is 0 Å². The van der Waals surface area contributed by atoms with E-state index in [1.807, 2.05) is 24.3 Å². The number of amides is 1. The van der Waals surface area contributed by atoms with Crippen LogP contribution in [0.2, 0.25) is 5.02 Å². The minimum atomic E-state index is -0.771. The molecule has 8 nitrogen and oxygen atoms in total. The minimum absolute atomic E-state index is 0.0969. The Kier molecular flexibility index (Phi) is 5.76. The van der Waals surface area contributed by atoms with Gasteiger partial charge in [-0.1, -0.05) is 49.3 Å². The smallest absolute Gasteiger partial charge is 0.325 e. The lowest BCUT2D eigenvalue weighted by Crippen LogP contribution is -2.61. The quantitative estimate of drug-likeness (QED) is 0.435. The molecule has 33 heavy (non-hydrogen) atoms. The molecule has 0 bridgehead atoms. The highest BCUT2D eigenvalue weighted by molar-refractivity contribution is 7.99. The number of hydrogen-bond acceptors (Lipinski definition) is 6. The maximum atomic E-state index is 13.3. The Labute approximate surface area is 199 Å². The Bertz CT molecular complexity index is 1310. The van der Waals surface area contributed by atoms with Gasteiger partial charge in [0.05, 0.1) is 21.8 Å². The molecule has 0 spiro atoms. The molecule has 3 aromatic rings. The van der Waals surface area contributed by atoms with Crippen LogP contribution in [0, 0.1) is 0 Å². The fraction of sp³-hybridized carbons (Fsp3) is 0.304. The first-order valence-corrected chi connectivity index (χ1v) is 12.1. The van der Waals surface area contributed by atoms with Crippen LogP contribution in [0.15, 0.2) is 46.3 Å². The van der Waals surface area contributed by atoms with Gasteiger partial charge in [-0.2, -0.15) is 0 Å². The molecule has 5 rings (SSSR count). The molecule has 3 heterocycles. The predicted molar refractivity (Wildman–Crippen MR) is 125 cm³/mol. The molecule has 0 aliphatic carbocycles. The summed E-state index contributed by atoms with van der Waals surface area (Å²) in [6.45, 7) is 3.96. The molecule has 0 saturated heterocycles. The lowest BCUT2D eigenvalue weighted by molar-refractivity contribution is -0.763. The molecular weight excluding hydrogens is 464 g/mol. The number of nitrogens with zero attached hydrogens (tertiary/aromatic N) is 3. The summed E-state index contributed by atoms with van der Waals surface area (Å²) in [6.07, 6.45) is 0.424. The number of carbonyl (C=O) groups excluding carboxylic acids is 1. The van der Waals surface area contributed by atoms with Crippen molar-refractivity contribution in [2.24, 2.45) is 0 Å². The van der Waals surface area contributed by atoms with Crippen LogP contribution in [0.4, 0.5) is 5.69 Å². The van der Waals surface area contributed by atoms with Crippen molar-refractivity contribution in [3.8, 4) is 22.8 Å². The number of rotatable bonds is 5. The first-order valence-electron chi connectivity index (χ1n) is 10.7. The minimum Gasteiger partial charge on any atom is -0.454 e. The third-order valence-electron chi connectivity index (χ3n) is 5.54. The molecule has 2 aliphatic heterocycles. The number of hydrogen-bond donors (Lipinski definition) is 1. The van der Waals surface area contributed by atoms with E-state index in [1.54, 1.807) is 28.6 Å². The monoisotopic (exact) mass is 485 g/mol. The number of para-hydroxylation sites is 1. The van der Waals surface area contributed by atoms with Gasteiger partial charge in [0.25, 0.3) is 6.17 Å². The van der Waals surface area contributed by atoms with Gasteiger partial charge in [0.15, 0.2) is 11.5 Å². The zero-order chi connectivity index (χ0) is 23.1. The molecular formula is C23H22ClN4O4S+. The average Bonchev–Trinajstić information content (AvgIpc) is 3.27. The molecule has 2 aromatic carbocycles. The van der Waals surface area contributed by atoms with Crippen molar-refractivity contribution in [2.75, 3.05) is 17.4 Å². The van der Waals surface area contributed by atoms with Gasteiger partial charge in [-0.05, 0) is 29.3 Å². The Morgan fingerprint density at radius 3 is 2.79 bits per heavy atom. The number of aromatic nitrogens is 3. The highest BCUT2D eigenvalue weighted by Gasteiger charge is 2.46. The molecule has 1 aromatic heterocycles. The SMILES string of the molecule is CCCSc1n[n+]2c(c(=O)[nH]1)-c1ccccc1N(C(=O)CC)[C@H]2c1cc2c(cc1Cl)OCO2. The lowest BCUT2D eigenvalue weighted by Gasteiger charge is -2.32. The molecule has 1 N–H and O–H groups in total. The zero-order valence-corrected chi connectivity index (χ0v) is 19.7. The van der Waals surface area contributed by atoms with E-state index in [1.165, 1.54) is 11.8 Å². The first-order chi connectivity index (χ1) is 16.0. The van der Waals surface area contributed by atoms with Crippen molar-refractivity contribution in [3.63, 3.8) is 0 Å². The lowest BCUT2D eigenvalue weighted by atomic mass is 10.0. The van der Waals surface area contributed by atoms with E-state index >= 15 is 0 Å². The summed E-state index contributed by atoms with van der Waals surface area (Å²) in [7, 11) is 0. The number of thioether (sulfide) groups is 1. The van der Waals surface area contributed by atoms with E-state index in [9.17, 15) is 9.59 Å². The van der Waals surface area contributed by atoms with Crippen LogP contribution in [-0.4, -0.2) is 28.5 Å². The summed E-state index contributed by atoms with van der Waals surface area (Å²) in [6, 6.07) is 10.8. The van der Waals surface area contributed by atoms with Crippen LogP contribution in [0.25, 0.3) is 11.3 Å². The van der Waals surface area contributed by atoms with Gasteiger partial charge in [-0.3, -0.25) is 14.6 Å². The third kappa shape index (κ3) is 3.65. The van der Waals surface area contributed by atoms with E-state index in [2.05, 4.69) is 11.9 Å². The van der Waals surface area contributed by atoms with Gasteiger partial charge in [0.2, 0.25) is 17.9 Å². The number of H-pyrrole nitrogens is 1. The van der Waals surface area contributed by atoms with Crippen LogP contribution in [0.5, 0.6) is 11.5 Å². The van der Waals surface area contributed by atoms with Crippen LogP contribution in [0.3, 0.4) is 0 Å². The number of halogens is 1. The topological polar surface area (TPSA) is 88.4 Å². The number of anilines is 1. The number of ether oxygens (including phenoxy) is 2. The van der Waals surface area contributed by atoms with Crippen molar-refractivity contribution in [1.82, 2.24) is 10.1 Å². The normalized spacial score (nSPS) is 15.8. The number of fused-ring (bicyclic) bond motifs is 4. The fourth-order valence-electron chi connectivity index (χ4n) is 4.09. The maximum absolute atomic E-state index is 13.3. The number of carbonyl (C=O) groups is 1. The van der Waals surface area contributed by atoms with Gasteiger partial charge in [-0.25, -0.2) is 4.90 Å². The summed E-state index contributed by atoms with van der Waals surface area (Å²) in [5.74, 6) is 1.75. The summed E-state index contributed by atoms with van der Waals surface area (Å²) < 4.78 is 12.6. The van der Waals surface area contributed by atoms with E-state index in [0.29, 0.717) is 44.2 Å². The molecule has 10 heteroatoms. The van der Waals surface area contributed by atoms with Crippen molar-refractivity contribution in [1.29, 1.82) is 0 Å². The summed E-state index contributed by atoms with van der Waals surface area (Å²) >= 11 is 8.16. The van der Waals surface area contributed by atoms with E-state index in [0.717, 1.165) is 12.2 Å². The third-order valence-corrected chi connectivity index (χ3v) is 6.94. The molecule has 0 fully saturated rings. The first kappa shape index (κ1) is 21.8. The molecule has 1 atom stereocenters. The average molecular weight is 486 g/mol. The van der Waals surface area contributed by atoms with Gasteiger partial charge in [0.1, 0.15) is 0 Å². The fourth-order valence-corrected chi connectivity index (χ4v) is 5.05. The van der Waals surface area contributed by atoms with Crippen molar-refractivity contribution in [2.45, 2.75) is 38.0 Å². The second-order valence-corrected chi connectivity index (χ2v) is 9.13. The molecule has 0 unspecified atom stereocenters. The van der Waals surface area contributed by atoms with Gasteiger partial charge in [0, 0.05) is 23.3 Å². The molecule has 1 amide bonds. The van der Waals surface area contributed by atoms with Crippen molar-refractivity contribution in [3.05, 3.63) is 57.3 Å². The van der Waals surface area contributed by atoms with Crippen LogP contribution in [-0.2, 0) is 4.79 Å². The molecule has 0 saturated carbocycles. The number of benzene rings is 2. The Balaban J connectivity index is 1.81. The number of nitrogens with one attached hydrogen (secondary N) is 1. The van der Waals surface area contributed by atoms with E-state index in [4.69, 9.17) is 26.2 Å². The zero-order valence-electron chi connectivity index (χ0n) is 18.1. The second kappa shape index (κ2) is 8.72. The van der Waals surface area contributed by atoms with Crippen LogP contribution >= 0.6 is 23.4 Å². The predicted octanol–water partition coefficient (Wildman–Crippen LogP) is 3.91. The van der Waals surface area contributed by atoms with E-state index in [-0.39, 0.29) is 24.7 Å². The molecule has 2 aliphatic rings. The highest BCUT2D eigenvalue weighted by Crippen LogP contribution is 2.43.